The first kappa shape index (κ1) is 20.9. The highest BCUT2D eigenvalue weighted by atomic mass is 16.5. The number of aryl methyl sites for hydroxylation is 1. The SMILES string of the molecule is COC(=O)c1ccccc1-n1c(C)cc(C=Nc2ccc(N3CCOCC3)cc2)c1C. The molecule has 0 atom stereocenters. The van der Waals surface area contributed by atoms with E-state index in [4.69, 9.17) is 9.47 Å². The molecule has 31 heavy (non-hydrogen) atoms. The van der Waals surface area contributed by atoms with Crippen molar-refractivity contribution in [2.45, 2.75) is 13.8 Å². The van der Waals surface area contributed by atoms with Crippen LogP contribution >= 0.6 is 0 Å². The van der Waals surface area contributed by atoms with Gasteiger partial charge >= 0.3 is 5.97 Å². The molecule has 2 heterocycles. The van der Waals surface area contributed by atoms with Gasteiger partial charge in [-0.15, -0.1) is 0 Å². The number of anilines is 1. The lowest BCUT2D eigenvalue weighted by Crippen LogP contribution is -2.36. The number of hydrogen-bond acceptors (Lipinski definition) is 5. The lowest BCUT2D eigenvalue weighted by atomic mass is 10.1. The lowest BCUT2D eigenvalue weighted by Gasteiger charge is -2.28. The van der Waals surface area contributed by atoms with Crippen molar-refractivity contribution < 1.29 is 14.3 Å². The molecule has 1 aliphatic rings. The van der Waals surface area contributed by atoms with Crippen molar-refractivity contribution in [1.29, 1.82) is 0 Å². The quantitative estimate of drug-likeness (QED) is 0.454. The number of carbonyl (C=O) groups is 1. The number of carbonyl (C=O) groups excluding carboxylic acids is 1. The molecule has 1 saturated heterocycles. The Morgan fingerprint density at radius 2 is 1.77 bits per heavy atom. The van der Waals surface area contributed by atoms with Gasteiger partial charge in [0.05, 0.1) is 37.3 Å². The number of para-hydroxylation sites is 1. The molecule has 0 aliphatic carbocycles. The fraction of sp³-hybridized carbons (Fsp3) is 0.280. The molecule has 0 amide bonds. The molecule has 1 aliphatic heterocycles. The molecule has 6 nitrogen and oxygen atoms in total. The summed E-state index contributed by atoms with van der Waals surface area (Å²) in [7, 11) is 1.40. The van der Waals surface area contributed by atoms with Crippen LogP contribution in [0.25, 0.3) is 5.69 Å². The van der Waals surface area contributed by atoms with Crippen LogP contribution in [-0.2, 0) is 9.47 Å². The van der Waals surface area contributed by atoms with Crippen LogP contribution in [0.5, 0.6) is 0 Å². The van der Waals surface area contributed by atoms with E-state index in [9.17, 15) is 4.79 Å². The van der Waals surface area contributed by atoms with E-state index in [2.05, 4.69) is 32.7 Å². The summed E-state index contributed by atoms with van der Waals surface area (Å²) in [5.74, 6) is -0.348. The smallest absolute Gasteiger partial charge is 0.339 e. The summed E-state index contributed by atoms with van der Waals surface area (Å²) in [6.45, 7) is 7.44. The van der Waals surface area contributed by atoms with Gasteiger partial charge in [-0.05, 0) is 56.3 Å². The summed E-state index contributed by atoms with van der Waals surface area (Å²) in [4.78, 5) is 19.2. The summed E-state index contributed by atoms with van der Waals surface area (Å²) in [5, 5.41) is 0. The Kier molecular flexibility index (Phi) is 6.18. The summed E-state index contributed by atoms with van der Waals surface area (Å²) in [5.41, 5.74) is 6.49. The number of hydrogen-bond donors (Lipinski definition) is 0. The fourth-order valence-electron chi connectivity index (χ4n) is 3.96. The number of benzene rings is 2. The molecule has 0 unspecified atom stereocenters. The number of ether oxygens (including phenoxy) is 2. The second-order valence-corrected chi connectivity index (χ2v) is 7.54. The summed E-state index contributed by atoms with van der Waals surface area (Å²) in [6.07, 6.45) is 1.88. The Morgan fingerprint density at radius 3 is 2.48 bits per heavy atom. The molecule has 0 spiro atoms. The van der Waals surface area contributed by atoms with Crippen LogP contribution in [-0.4, -0.2) is 50.2 Å². The largest absolute Gasteiger partial charge is 0.465 e. The molecule has 0 N–H and O–H groups in total. The lowest BCUT2D eigenvalue weighted by molar-refractivity contribution is 0.0600. The molecular formula is C25H27N3O3. The van der Waals surface area contributed by atoms with E-state index in [0.29, 0.717) is 5.56 Å². The number of methoxy groups -OCH3 is 1. The average Bonchev–Trinajstić information content (AvgIpc) is 3.10. The van der Waals surface area contributed by atoms with Crippen LogP contribution in [0.15, 0.2) is 59.6 Å². The highest BCUT2D eigenvalue weighted by molar-refractivity contribution is 5.94. The first-order valence-corrected chi connectivity index (χ1v) is 10.4. The van der Waals surface area contributed by atoms with Gasteiger partial charge in [0.1, 0.15) is 0 Å². The molecule has 2 aromatic carbocycles. The maximum atomic E-state index is 12.2. The number of aromatic nitrogens is 1. The van der Waals surface area contributed by atoms with E-state index in [0.717, 1.165) is 54.6 Å². The number of esters is 1. The summed E-state index contributed by atoms with van der Waals surface area (Å²) < 4.78 is 12.4. The van der Waals surface area contributed by atoms with Crippen LogP contribution in [0.2, 0.25) is 0 Å². The molecule has 160 valence electrons. The van der Waals surface area contributed by atoms with E-state index >= 15 is 0 Å². The van der Waals surface area contributed by atoms with Crippen molar-refractivity contribution >= 4 is 23.6 Å². The van der Waals surface area contributed by atoms with Gasteiger partial charge in [-0.1, -0.05) is 12.1 Å². The minimum Gasteiger partial charge on any atom is -0.465 e. The predicted molar refractivity (Wildman–Crippen MR) is 123 cm³/mol. The second kappa shape index (κ2) is 9.18. The first-order chi connectivity index (χ1) is 15.1. The zero-order valence-electron chi connectivity index (χ0n) is 18.2. The van der Waals surface area contributed by atoms with Gasteiger partial charge < -0.3 is 18.9 Å². The normalized spacial score (nSPS) is 14.2. The fourth-order valence-corrected chi connectivity index (χ4v) is 3.96. The highest BCUT2D eigenvalue weighted by Crippen LogP contribution is 2.25. The van der Waals surface area contributed by atoms with Crippen molar-refractivity contribution in [1.82, 2.24) is 4.57 Å². The summed E-state index contributed by atoms with van der Waals surface area (Å²) >= 11 is 0. The molecule has 1 aromatic heterocycles. The number of rotatable bonds is 5. The van der Waals surface area contributed by atoms with Crippen molar-refractivity contribution in [2.75, 3.05) is 38.3 Å². The van der Waals surface area contributed by atoms with E-state index in [1.165, 1.54) is 12.8 Å². The molecule has 0 radical (unpaired) electrons. The van der Waals surface area contributed by atoms with Gasteiger partial charge in [0, 0.05) is 41.9 Å². The number of morpholine rings is 1. The van der Waals surface area contributed by atoms with Crippen LogP contribution in [0, 0.1) is 13.8 Å². The van der Waals surface area contributed by atoms with Crippen LogP contribution < -0.4 is 4.90 Å². The standard InChI is InChI=1S/C25H27N3O3/c1-18-16-20(19(2)28(18)24-7-5-4-6-23(24)25(29)30-3)17-26-21-8-10-22(11-9-21)27-12-14-31-15-13-27/h4-11,16-17H,12-15H2,1-3H3. The minimum atomic E-state index is -0.348. The van der Waals surface area contributed by atoms with Crippen molar-refractivity contribution in [3.8, 4) is 5.69 Å². The Hall–Kier alpha value is -3.38. The van der Waals surface area contributed by atoms with Gasteiger partial charge in [-0.3, -0.25) is 4.99 Å². The van der Waals surface area contributed by atoms with Crippen LogP contribution in [0.1, 0.15) is 27.3 Å². The first-order valence-electron chi connectivity index (χ1n) is 10.4. The Bertz CT molecular complexity index is 1090. The number of aliphatic imine (C=N–C) groups is 1. The van der Waals surface area contributed by atoms with E-state index < -0.39 is 0 Å². The molecule has 0 bridgehead atoms. The third kappa shape index (κ3) is 4.39. The van der Waals surface area contributed by atoms with Crippen molar-refractivity contribution in [2.24, 2.45) is 4.99 Å². The van der Waals surface area contributed by atoms with E-state index in [1.807, 2.05) is 50.4 Å². The molecule has 4 rings (SSSR count). The van der Waals surface area contributed by atoms with Crippen LogP contribution in [0.4, 0.5) is 11.4 Å². The molecule has 6 heteroatoms. The van der Waals surface area contributed by atoms with Gasteiger partial charge in [-0.25, -0.2) is 4.79 Å². The Morgan fingerprint density at radius 1 is 1.06 bits per heavy atom. The van der Waals surface area contributed by atoms with E-state index in [-0.39, 0.29) is 5.97 Å². The third-order valence-corrected chi connectivity index (χ3v) is 5.60. The molecular weight excluding hydrogens is 390 g/mol. The van der Waals surface area contributed by atoms with Gasteiger partial charge in [0.15, 0.2) is 0 Å². The second-order valence-electron chi connectivity index (χ2n) is 7.54. The minimum absolute atomic E-state index is 0.348. The van der Waals surface area contributed by atoms with Gasteiger partial charge in [0.25, 0.3) is 0 Å². The zero-order chi connectivity index (χ0) is 21.8. The maximum absolute atomic E-state index is 12.2. The Labute approximate surface area is 182 Å². The molecule has 0 saturated carbocycles. The third-order valence-electron chi connectivity index (χ3n) is 5.60. The monoisotopic (exact) mass is 417 g/mol. The van der Waals surface area contributed by atoms with E-state index in [1.54, 1.807) is 6.07 Å². The van der Waals surface area contributed by atoms with Gasteiger partial charge in [0.2, 0.25) is 0 Å². The van der Waals surface area contributed by atoms with Crippen molar-refractivity contribution in [3.63, 3.8) is 0 Å². The maximum Gasteiger partial charge on any atom is 0.339 e. The summed E-state index contributed by atoms with van der Waals surface area (Å²) in [6, 6.07) is 17.8. The molecule has 1 fully saturated rings. The molecule has 3 aromatic rings. The zero-order valence-corrected chi connectivity index (χ0v) is 18.2. The van der Waals surface area contributed by atoms with Gasteiger partial charge in [-0.2, -0.15) is 0 Å². The topological polar surface area (TPSA) is 56.1 Å². The number of nitrogens with zero attached hydrogens (tertiary/aromatic N) is 3. The Balaban J connectivity index is 1.58. The van der Waals surface area contributed by atoms with Crippen LogP contribution in [0.3, 0.4) is 0 Å². The van der Waals surface area contributed by atoms with Crippen molar-refractivity contribution in [3.05, 3.63) is 77.1 Å². The highest BCUT2D eigenvalue weighted by Gasteiger charge is 2.17. The average molecular weight is 418 g/mol. The predicted octanol–water partition coefficient (Wildman–Crippen LogP) is 4.47.